The smallest absolute Gasteiger partial charge is 0.208 e. The van der Waals surface area contributed by atoms with Crippen LogP contribution in [0.15, 0.2) is 27.5 Å². The molecule has 0 saturated heterocycles. The Labute approximate surface area is 94.0 Å². The van der Waals surface area contributed by atoms with Crippen LogP contribution in [-0.2, 0) is 0 Å². The highest BCUT2D eigenvalue weighted by atomic mass is 79.9. The maximum absolute atomic E-state index is 11.7. The van der Waals surface area contributed by atoms with Crippen molar-refractivity contribution in [2.75, 3.05) is 0 Å². The molecular weight excluding hydrogens is 265 g/mol. The van der Waals surface area contributed by atoms with Gasteiger partial charge in [-0.05, 0) is 25.1 Å². The largest absolute Gasteiger partial charge is 0.357 e. The van der Waals surface area contributed by atoms with Crippen molar-refractivity contribution in [3.63, 3.8) is 0 Å². The van der Waals surface area contributed by atoms with E-state index in [0.29, 0.717) is 11.1 Å². The molecule has 0 aliphatic rings. The summed E-state index contributed by atoms with van der Waals surface area (Å²) in [7, 11) is 0. The number of hydrogen-bond donors (Lipinski definition) is 1. The zero-order valence-corrected chi connectivity index (χ0v) is 9.74. The summed E-state index contributed by atoms with van der Waals surface area (Å²) < 4.78 is 0.933. The van der Waals surface area contributed by atoms with Gasteiger partial charge in [0.25, 0.3) is 0 Å². The summed E-state index contributed by atoms with van der Waals surface area (Å²) in [6, 6.07) is 5.44. The van der Waals surface area contributed by atoms with Crippen molar-refractivity contribution in [3.05, 3.63) is 43.6 Å². The van der Waals surface area contributed by atoms with E-state index < -0.39 is 0 Å². The lowest BCUT2D eigenvalue weighted by Gasteiger charge is -2.02. The van der Waals surface area contributed by atoms with Gasteiger partial charge in [-0.25, -0.2) is 0 Å². The van der Waals surface area contributed by atoms with E-state index in [4.69, 9.17) is 11.6 Å². The molecule has 0 atom stereocenters. The molecule has 14 heavy (non-hydrogen) atoms. The summed E-state index contributed by atoms with van der Waals surface area (Å²) in [4.78, 5) is 14.8. The van der Waals surface area contributed by atoms with Gasteiger partial charge in [-0.3, -0.25) is 4.79 Å². The Morgan fingerprint density at radius 1 is 1.43 bits per heavy atom. The zero-order chi connectivity index (χ0) is 10.3. The Balaban J connectivity index is 2.98. The number of benzene rings is 1. The van der Waals surface area contributed by atoms with Crippen LogP contribution in [0.5, 0.6) is 0 Å². The Morgan fingerprint density at radius 2 is 2.14 bits per heavy atom. The van der Waals surface area contributed by atoms with Crippen LogP contribution in [0, 0.1) is 6.92 Å². The molecule has 0 spiro atoms. The first-order chi connectivity index (χ1) is 6.59. The average molecular weight is 273 g/mol. The minimum atomic E-state index is -0.120. The molecule has 1 aromatic heterocycles. The summed E-state index contributed by atoms with van der Waals surface area (Å²) in [5.41, 5.74) is 1.37. The van der Waals surface area contributed by atoms with Gasteiger partial charge in [0.15, 0.2) is 0 Å². The summed E-state index contributed by atoms with van der Waals surface area (Å²) in [6.07, 6.45) is 0. The molecule has 1 N–H and O–H groups in total. The predicted octanol–water partition coefficient (Wildman–Crippen LogP) is 3.25. The van der Waals surface area contributed by atoms with E-state index in [-0.39, 0.29) is 10.5 Å². The van der Waals surface area contributed by atoms with Crippen molar-refractivity contribution in [1.29, 1.82) is 0 Å². The first-order valence-electron chi connectivity index (χ1n) is 4.07. The molecule has 0 saturated carbocycles. The molecule has 4 heteroatoms. The molecule has 72 valence electrons. The van der Waals surface area contributed by atoms with Crippen LogP contribution in [0.25, 0.3) is 10.9 Å². The third-order valence-electron chi connectivity index (χ3n) is 2.08. The molecule has 0 unspecified atom stereocenters. The Hall–Kier alpha value is -0.800. The highest BCUT2D eigenvalue weighted by Crippen LogP contribution is 2.18. The van der Waals surface area contributed by atoms with Gasteiger partial charge < -0.3 is 4.98 Å². The van der Waals surface area contributed by atoms with Gasteiger partial charge in [0.2, 0.25) is 5.43 Å². The molecule has 0 aliphatic carbocycles. The van der Waals surface area contributed by atoms with Crippen LogP contribution < -0.4 is 5.43 Å². The highest BCUT2D eigenvalue weighted by molar-refractivity contribution is 9.10. The van der Waals surface area contributed by atoms with E-state index in [1.54, 1.807) is 13.0 Å². The lowest BCUT2D eigenvalue weighted by Crippen LogP contribution is -2.05. The standard InChI is InChI=1S/C10H7BrClNO/c1-5-9(12)10(14)7-3-2-6(11)4-8(7)13-5/h2-4H,1H3,(H,13,14). The van der Waals surface area contributed by atoms with Crippen molar-refractivity contribution in [2.45, 2.75) is 6.92 Å². The lowest BCUT2D eigenvalue weighted by atomic mass is 10.2. The summed E-state index contributed by atoms with van der Waals surface area (Å²) >= 11 is 9.19. The number of pyridine rings is 1. The molecular formula is C10H7BrClNO. The van der Waals surface area contributed by atoms with Crippen molar-refractivity contribution >= 4 is 38.4 Å². The lowest BCUT2D eigenvalue weighted by molar-refractivity contribution is 1.24. The third kappa shape index (κ3) is 1.47. The quantitative estimate of drug-likeness (QED) is 0.784. The van der Waals surface area contributed by atoms with E-state index in [1.165, 1.54) is 0 Å². The number of halogens is 2. The van der Waals surface area contributed by atoms with Gasteiger partial charge in [-0.1, -0.05) is 27.5 Å². The fourth-order valence-corrected chi connectivity index (χ4v) is 1.87. The number of fused-ring (bicyclic) bond motifs is 1. The van der Waals surface area contributed by atoms with E-state index in [1.807, 2.05) is 12.1 Å². The van der Waals surface area contributed by atoms with Gasteiger partial charge in [-0.15, -0.1) is 0 Å². The molecule has 2 aromatic rings. The Kier molecular flexibility index (Phi) is 2.37. The fraction of sp³-hybridized carbons (Fsp3) is 0.100. The Morgan fingerprint density at radius 3 is 2.86 bits per heavy atom. The maximum atomic E-state index is 11.7. The van der Waals surface area contributed by atoms with Gasteiger partial charge in [0, 0.05) is 15.6 Å². The minimum absolute atomic E-state index is 0.120. The second-order valence-corrected chi connectivity index (χ2v) is 4.38. The van der Waals surface area contributed by atoms with Crippen molar-refractivity contribution < 1.29 is 0 Å². The van der Waals surface area contributed by atoms with Gasteiger partial charge >= 0.3 is 0 Å². The van der Waals surface area contributed by atoms with Crippen LogP contribution in [0.4, 0.5) is 0 Å². The van der Waals surface area contributed by atoms with Crippen LogP contribution in [0.2, 0.25) is 5.02 Å². The molecule has 0 fully saturated rings. The maximum Gasteiger partial charge on any atom is 0.208 e. The van der Waals surface area contributed by atoms with Crippen molar-refractivity contribution in [1.82, 2.24) is 4.98 Å². The zero-order valence-electron chi connectivity index (χ0n) is 7.40. The first kappa shape index (κ1) is 9.74. The van der Waals surface area contributed by atoms with Crippen LogP contribution in [0.3, 0.4) is 0 Å². The summed E-state index contributed by atoms with van der Waals surface area (Å²) in [6.45, 7) is 1.78. The van der Waals surface area contributed by atoms with Crippen molar-refractivity contribution in [3.8, 4) is 0 Å². The molecule has 0 amide bonds. The third-order valence-corrected chi connectivity index (χ3v) is 3.03. The van der Waals surface area contributed by atoms with Crippen LogP contribution in [-0.4, -0.2) is 4.98 Å². The van der Waals surface area contributed by atoms with Crippen LogP contribution >= 0.6 is 27.5 Å². The highest BCUT2D eigenvalue weighted by Gasteiger charge is 2.06. The topological polar surface area (TPSA) is 32.9 Å². The average Bonchev–Trinajstić information content (AvgIpc) is 2.14. The number of aromatic nitrogens is 1. The molecule has 1 heterocycles. The number of nitrogens with one attached hydrogen (secondary N) is 1. The number of hydrogen-bond acceptors (Lipinski definition) is 1. The second-order valence-electron chi connectivity index (χ2n) is 3.08. The van der Waals surface area contributed by atoms with E-state index in [9.17, 15) is 4.79 Å². The molecule has 1 aromatic carbocycles. The minimum Gasteiger partial charge on any atom is -0.357 e. The normalized spacial score (nSPS) is 10.8. The number of aromatic amines is 1. The number of H-pyrrole nitrogens is 1. The van der Waals surface area contributed by atoms with Gasteiger partial charge in [-0.2, -0.15) is 0 Å². The SMILES string of the molecule is Cc1[nH]c2cc(Br)ccc2c(=O)c1Cl. The number of rotatable bonds is 0. The van der Waals surface area contributed by atoms with Gasteiger partial charge in [0.1, 0.15) is 5.02 Å². The molecule has 0 radical (unpaired) electrons. The molecule has 0 bridgehead atoms. The monoisotopic (exact) mass is 271 g/mol. The van der Waals surface area contributed by atoms with E-state index in [2.05, 4.69) is 20.9 Å². The molecule has 2 rings (SSSR count). The second kappa shape index (κ2) is 3.41. The van der Waals surface area contributed by atoms with Crippen LogP contribution in [0.1, 0.15) is 5.69 Å². The van der Waals surface area contributed by atoms with Gasteiger partial charge in [0.05, 0.1) is 5.52 Å². The first-order valence-corrected chi connectivity index (χ1v) is 5.24. The van der Waals surface area contributed by atoms with E-state index in [0.717, 1.165) is 9.99 Å². The van der Waals surface area contributed by atoms with E-state index >= 15 is 0 Å². The fourth-order valence-electron chi connectivity index (χ4n) is 1.36. The van der Waals surface area contributed by atoms with Crippen molar-refractivity contribution in [2.24, 2.45) is 0 Å². The molecule has 2 nitrogen and oxygen atoms in total. The Bertz CT molecular complexity index is 562. The molecule has 0 aliphatic heterocycles. The summed E-state index contributed by atoms with van der Waals surface area (Å²) in [5.74, 6) is 0. The number of aryl methyl sites for hydroxylation is 1. The predicted molar refractivity (Wildman–Crippen MR) is 62.0 cm³/mol. The summed E-state index contributed by atoms with van der Waals surface area (Å²) in [5, 5.41) is 0.878.